The quantitative estimate of drug-likeness (QED) is 0.811. The van der Waals surface area contributed by atoms with Crippen LogP contribution in [0.5, 0.6) is 0 Å². The van der Waals surface area contributed by atoms with Crippen molar-refractivity contribution in [3.63, 3.8) is 0 Å². The summed E-state index contributed by atoms with van der Waals surface area (Å²) >= 11 is 1.59. The molecule has 0 spiro atoms. The summed E-state index contributed by atoms with van der Waals surface area (Å²) in [4.78, 5) is 19.3. The van der Waals surface area contributed by atoms with Gasteiger partial charge in [-0.1, -0.05) is 0 Å². The minimum Gasteiger partial charge on any atom is -0.459 e. The number of thiophene rings is 1. The zero-order valence-electron chi connectivity index (χ0n) is 12.3. The van der Waals surface area contributed by atoms with Crippen molar-refractivity contribution in [1.82, 2.24) is 14.5 Å². The van der Waals surface area contributed by atoms with Gasteiger partial charge in [-0.25, -0.2) is 9.78 Å². The first-order chi connectivity index (χ1) is 10.8. The normalized spacial score (nSPS) is 28.5. The molecule has 3 aliphatic rings. The van der Waals surface area contributed by atoms with Crippen molar-refractivity contribution in [3.8, 4) is 0 Å². The molecule has 3 saturated heterocycles. The van der Waals surface area contributed by atoms with Crippen molar-refractivity contribution in [2.45, 2.75) is 25.0 Å². The van der Waals surface area contributed by atoms with E-state index in [2.05, 4.69) is 9.88 Å². The Morgan fingerprint density at radius 1 is 1.41 bits per heavy atom. The number of carbonyl (C=O) groups excluding carboxylic acids is 1. The van der Waals surface area contributed by atoms with Gasteiger partial charge in [0.2, 0.25) is 0 Å². The van der Waals surface area contributed by atoms with Crippen LogP contribution in [0.15, 0.2) is 35.5 Å². The Morgan fingerprint density at radius 2 is 2.27 bits per heavy atom. The van der Waals surface area contributed by atoms with Gasteiger partial charge in [-0.3, -0.25) is 4.90 Å². The van der Waals surface area contributed by atoms with Gasteiger partial charge in [0.25, 0.3) is 0 Å². The van der Waals surface area contributed by atoms with E-state index in [4.69, 9.17) is 4.74 Å². The molecule has 2 bridgehead atoms. The summed E-state index contributed by atoms with van der Waals surface area (Å²) in [6.07, 6.45) is 7.53. The molecule has 22 heavy (non-hydrogen) atoms. The third kappa shape index (κ3) is 2.57. The van der Waals surface area contributed by atoms with Gasteiger partial charge in [0.05, 0.1) is 6.33 Å². The van der Waals surface area contributed by atoms with Crippen LogP contribution in [-0.4, -0.2) is 46.2 Å². The number of esters is 1. The standard InChI is InChI=1S/C16H19N3O2S/c20-16(21-14-9-18-5-1-12(14)2-6-18)15(13-3-8-22-10-13)19-7-4-17-11-19/h3-4,7-8,10-12,14-15H,1-2,5-6,9H2/t14-,15?/m0/s1. The van der Waals surface area contributed by atoms with E-state index < -0.39 is 6.04 Å². The second kappa shape index (κ2) is 5.85. The van der Waals surface area contributed by atoms with Crippen LogP contribution in [0.25, 0.3) is 0 Å². The van der Waals surface area contributed by atoms with E-state index >= 15 is 0 Å². The maximum atomic E-state index is 12.8. The summed E-state index contributed by atoms with van der Waals surface area (Å²) in [6.45, 7) is 3.18. The van der Waals surface area contributed by atoms with Crippen molar-refractivity contribution in [2.24, 2.45) is 5.92 Å². The first-order valence-electron chi connectivity index (χ1n) is 7.73. The molecule has 5 heterocycles. The second-order valence-corrected chi connectivity index (χ2v) is 6.86. The highest BCUT2D eigenvalue weighted by Gasteiger charge is 2.38. The molecule has 5 nitrogen and oxygen atoms in total. The number of hydrogen-bond acceptors (Lipinski definition) is 5. The summed E-state index contributed by atoms with van der Waals surface area (Å²) in [6, 6.07) is 1.55. The number of ether oxygens (including phenoxy) is 1. The van der Waals surface area contributed by atoms with Crippen molar-refractivity contribution in [2.75, 3.05) is 19.6 Å². The predicted octanol–water partition coefficient (Wildman–Crippen LogP) is 2.17. The Hall–Kier alpha value is -1.66. The monoisotopic (exact) mass is 317 g/mol. The third-order valence-corrected chi connectivity index (χ3v) is 5.47. The van der Waals surface area contributed by atoms with Crippen LogP contribution in [0.1, 0.15) is 24.4 Å². The molecule has 0 aromatic carbocycles. The fraction of sp³-hybridized carbons (Fsp3) is 0.500. The molecule has 0 amide bonds. The third-order valence-electron chi connectivity index (χ3n) is 4.77. The summed E-state index contributed by atoms with van der Waals surface area (Å²) in [5.41, 5.74) is 0.967. The number of hydrogen-bond donors (Lipinski definition) is 0. The summed E-state index contributed by atoms with van der Waals surface area (Å²) in [5, 5.41) is 3.99. The molecule has 3 aliphatic heterocycles. The minimum atomic E-state index is -0.427. The lowest BCUT2D eigenvalue weighted by Crippen LogP contribution is -2.52. The van der Waals surface area contributed by atoms with Gasteiger partial charge < -0.3 is 9.30 Å². The van der Waals surface area contributed by atoms with Gasteiger partial charge >= 0.3 is 5.97 Å². The van der Waals surface area contributed by atoms with Crippen LogP contribution in [-0.2, 0) is 9.53 Å². The Labute approximate surface area is 133 Å². The van der Waals surface area contributed by atoms with Crippen molar-refractivity contribution in [3.05, 3.63) is 41.1 Å². The maximum Gasteiger partial charge on any atom is 0.334 e. The molecule has 2 atom stereocenters. The van der Waals surface area contributed by atoms with E-state index in [-0.39, 0.29) is 12.1 Å². The fourth-order valence-corrected chi connectivity index (χ4v) is 4.22. The molecule has 116 valence electrons. The molecule has 6 heteroatoms. The summed E-state index contributed by atoms with van der Waals surface area (Å²) < 4.78 is 7.74. The number of aromatic nitrogens is 2. The van der Waals surface area contributed by atoms with Crippen molar-refractivity contribution in [1.29, 1.82) is 0 Å². The van der Waals surface area contributed by atoms with Crippen LogP contribution in [0.3, 0.4) is 0 Å². The molecule has 1 unspecified atom stereocenters. The molecule has 2 aromatic rings. The predicted molar refractivity (Wildman–Crippen MR) is 83.7 cm³/mol. The molecule has 2 aromatic heterocycles. The summed E-state index contributed by atoms with van der Waals surface area (Å²) in [7, 11) is 0. The average molecular weight is 317 g/mol. The van der Waals surface area contributed by atoms with Gasteiger partial charge in [0, 0.05) is 18.9 Å². The molecule has 0 radical (unpaired) electrons. The van der Waals surface area contributed by atoms with E-state index in [9.17, 15) is 4.79 Å². The molecule has 0 N–H and O–H groups in total. The topological polar surface area (TPSA) is 47.4 Å². The van der Waals surface area contributed by atoms with Crippen LogP contribution < -0.4 is 0 Å². The first-order valence-corrected chi connectivity index (χ1v) is 8.68. The zero-order chi connectivity index (χ0) is 14.9. The van der Waals surface area contributed by atoms with E-state index in [1.165, 1.54) is 0 Å². The molecule has 5 rings (SSSR count). The van der Waals surface area contributed by atoms with E-state index in [1.807, 2.05) is 27.6 Å². The van der Waals surface area contributed by atoms with Crippen molar-refractivity contribution >= 4 is 17.3 Å². The van der Waals surface area contributed by atoms with Gasteiger partial charge in [0.1, 0.15) is 6.10 Å². The first kappa shape index (κ1) is 14.0. The van der Waals surface area contributed by atoms with Crippen LogP contribution >= 0.6 is 11.3 Å². The maximum absolute atomic E-state index is 12.8. The average Bonchev–Trinajstić information content (AvgIpc) is 3.23. The zero-order valence-corrected chi connectivity index (χ0v) is 13.1. The molecular formula is C16H19N3O2S. The number of fused-ring (bicyclic) bond motifs is 3. The summed E-state index contributed by atoms with van der Waals surface area (Å²) in [5.74, 6) is 0.356. The van der Waals surface area contributed by atoms with Crippen LogP contribution in [0, 0.1) is 5.92 Å². The van der Waals surface area contributed by atoms with Gasteiger partial charge in [-0.15, -0.1) is 0 Å². The van der Waals surface area contributed by atoms with Crippen molar-refractivity contribution < 1.29 is 9.53 Å². The lowest BCUT2D eigenvalue weighted by atomic mass is 9.86. The van der Waals surface area contributed by atoms with Crippen LogP contribution in [0.4, 0.5) is 0 Å². The molecule has 0 saturated carbocycles. The fourth-order valence-electron chi connectivity index (χ4n) is 3.54. The number of nitrogens with zero attached hydrogens (tertiary/aromatic N) is 3. The largest absolute Gasteiger partial charge is 0.459 e. The Kier molecular flexibility index (Phi) is 3.72. The SMILES string of the molecule is O=C(O[C@H]1CN2CCC1CC2)C(c1ccsc1)n1ccnc1. The molecular weight excluding hydrogens is 298 g/mol. The Morgan fingerprint density at radius 3 is 2.86 bits per heavy atom. The molecule has 0 aliphatic carbocycles. The minimum absolute atomic E-state index is 0.0413. The number of rotatable bonds is 4. The lowest BCUT2D eigenvalue weighted by Gasteiger charge is -2.44. The number of piperidine rings is 3. The number of imidazole rings is 1. The van der Waals surface area contributed by atoms with E-state index in [0.29, 0.717) is 5.92 Å². The molecule has 3 fully saturated rings. The Balaban J connectivity index is 1.54. The van der Waals surface area contributed by atoms with E-state index in [1.54, 1.807) is 23.9 Å². The Bertz CT molecular complexity index is 584. The highest BCUT2D eigenvalue weighted by molar-refractivity contribution is 7.08. The van der Waals surface area contributed by atoms with E-state index in [0.717, 1.165) is 38.0 Å². The smallest absolute Gasteiger partial charge is 0.334 e. The highest BCUT2D eigenvalue weighted by Crippen LogP contribution is 2.31. The van der Waals surface area contributed by atoms with Gasteiger partial charge in [0.15, 0.2) is 6.04 Å². The highest BCUT2D eigenvalue weighted by atomic mass is 32.1. The van der Waals surface area contributed by atoms with Gasteiger partial charge in [-0.05, 0) is 54.2 Å². The second-order valence-electron chi connectivity index (χ2n) is 6.08. The van der Waals surface area contributed by atoms with Gasteiger partial charge in [-0.2, -0.15) is 11.3 Å². The van der Waals surface area contributed by atoms with Crippen LogP contribution in [0.2, 0.25) is 0 Å². The lowest BCUT2D eigenvalue weighted by molar-refractivity contribution is -0.161. The number of carbonyl (C=O) groups is 1.